The highest BCUT2D eigenvalue weighted by Gasteiger charge is 2.19. The highest BCUT2D eigenvalue weighted by atomic mass is 16.7. The maximum atomic E-state index is 12.7. The zero-order valence-electron chi connectivity index (χ0n) is 11.7. The van der Waals surface area contributed by atoms with Gasteiger partial charge in [0, 0.05) is 29.1 Å². The molecule has 2 heterocycles. The number of carbonyl (C=O) groups excluding carboxylic acids is 1. The average Bonchev–Trinajstić information content (AvgIpc) is 3.23. The molecular formula is C18H13NO3. The number of ether oxygens (including phenoxy) is 2. The van der Waals surface area contributed by atoms with Crippen molar-refractivity contribution in [2.75, 3.05) is 6.79 Å². The van der Waals surface area contributed by atoms with Crippen molar-refractivity contribution in [3.05, 3.63) is 72.1 Å². The van der Waals surface area contributed by atoms with Crippen molar-refractivity contribution in [1.29, 1.82) is 0 Å². The fourth-order valence-electron chi connectivity index (χ4n) is 2.60. The second-order valence-corrected chi connectivity index (χ2v) is 5.05. The Balaban J connectivity index is 1.76. The van der Waals surface area contributed by atoms with Gasteiger partial charge < -0.3 is 14.5 Å². The number of aromatic nitrogens is 1. The Labute approximate surface area is 127 Å². The summed E-state index contributed by atoms with van der Waals surface area (Å²) in [5.74, 6) is 1.43. The van der Waals surface area contributed by atoms with Crippen LogP contribution in [0.3, 0.4) is 0 Å². The topological polar surface area (TPSA) is 51.3 Å². The molecule has 0 unspecified atom stereocenters. The fourth-order valence-corrected chi connectivity index (χ4v) is 2.60. The molecule has 1 N–H and O–H groups in total. The van der Waals surface area contributed by atoms with Crippen molar-refractivity contribution in [2.45, 2.75) is 0 Å². The summed E-state index contributed by atoms with van der Waals surface area (Å²) >= 11 is 0. The molecule has 1 aliphatic rings. The molecule has 2 aromatic carbocycles. The van der Waals surface area contributed by atoms with Gasteiger partial charge in [-0.15, -0.1) is 0 Å². The lowest BCUT2D eigenvalue weighted by atomic mass is 9.98. The molecule has 22 heavy (non-hydrogen) atoms. The Morgan fingerprint density at radius 1 is 0.955 bits per heavy atom. The molecule has 4 heteroatoms. The van der Waals surface area contributed by atoms with E-state index in [-0.39, 0.29) is 12.6 Å². The van der Waals surface area contributed by atoms with E-state index in [0.717, 1.165) is 16.9 Å². The predicted octanol–water partition coefficient (Wildman–Crippen LogP) is 3.64. The van der Waals surface area contributed by atoms with Gasteiger partial charge in [0.15, 0.2) is 17.3 Å². The van der Waals surface area contributed by atoms with Crippen molar-refractivity contribution in [1.82, 2.24) is 4.98 Å². The van der Waals surface area contributed by atoms with Gasteiger partial charge >= 0.3 is 0 Å². The number of rotatable bonds is 3. The summed E-state index contributed by atoms with van der Waals surface area (Å²) in [6, 6.07) is 14.9. The Bertz CT molecular complexity index is 837. The molecule has 108 valence electrons. The third kappa shape index (κ3) is 2.05. The molecule has 0 atom stereocenters. The van der Waals surface area contributed by atoms with Crippen LogP contribution in [0.4, 0.5) is 0 Å². The minimum Gasteiger partial charge on any atom is -0.454 e. The fraction of sp³-hybridized carbons (Fsp3) is 0.0556. The van der Waals surface area contributed by atoms with Crippen LogP contribution in [0.2, 0.25) is 0 Å². The first kappa shape index (κ1) is 12.7. The number of nitrogens with one attached hydrogen (secondary N) is 1. The van der Waals surface area contributed by atoms with Gasteiger partial charge in [-0.25, -0.2) is 0 Å². The Hall–Kier alpha value is -3.01. The van der Waals surface area contributed by atoms with Gasteiger partial charge in [-0.3, -0.25) is 4.79 Å². The highest BCUT2D eigenvalue weighted by molar-refractivity contribution is 6.12. The van der Waals surface area contributed by atoms with Crippen LogP contribution in [0.25, 0.3) is 11.1 Å². The Morgan fingerprint density at radius 2 is 1.77 bits per heavy atom. The number of hydrogen-bond donors (Lipinski definition) is 1. The van der Waals surface area contributed by atoms with Crippen molar-refractivity contribution in [3.8, 4) is 22.6 Å². The van der Waals surface area contributed by atoms with Gasteiger partial charge in [-0.2, -0.15) is 0 Å². The summed E-state index contributed by atoms with van der Waals surface area (Å²) in [6.07, 6.45) is 3.56. The summed E-state index contributed by atoms with van der Waals surface area (Å²) in [5, 5.41) is 0. The van der Waals surface area contributed by atoms with E-state index in [2.05, 4.69) is 4.98 Å². The molecule has 1 aliphatic heterocycles. The van der Waals surface area contributed by atoms with Crippen LogP contribution in [0, 0.1) is 0 Å². The van der Waals surface area contributed by atoms with Crippen LogP contribution in [0.1, 0.15) is 15.9 Å². The number of benzene rings is 2. The molecule has 0 aliphatic carbocycles. The summed E-state index contributed by atoms with van der Waals surface area (Å²) in [7, 11) is 0. The van der Waals surface area contributed by atoms with Crippen LogP contribution in [-0.2, 0) is 0 Å². The second kappa shape index (κ2) is 5.07. The van der Waals surface area contributed by atoms with Crippen molar-refractivity contribution >= 4 is 5.78 Å². The number of hydrogen-bond acceptors (Lipinski definition) is 3. The van der Waals surface area contributed by atoms with Crippen LogP contribution < -0.4 is 9.47 Å². The first-order chi connectivity index (χ1) is 10.8. The molecule has 0 fully saturated rings. The van der Waals surface area contributed by atoms with Gasteiger partial charge in [0.2, 0.25) is 6.79 Å². The maximum Gasteiger partial charge on any atom is 0.231 e. The third-order valence-electron chi connectivity index (χ3n) is 3.71. The van der Waals surface area contributed by atoms with E-state index in [1.54, 1.807) is 6.20 Å². The predicted molar refractivity (Wildman–Crippen MR) is 82.2 cm³/mol. The molecule has 4 nitrogen and oxygen atoms in total. The largest absolute Gasteiger partial charge is 0.454 e. The first-order valence-corrected chi connectivity index (χ1v) is 6.99. The van der Waals surface area contributed by atoms with E-state index in [1.807, 2.05) is 54.7 Å². The minimum absolute atomic E-state index is 0.00508. The van der Waals surface area contributed by atoms with Crippen LogP contribution in [0.5, 0.6) is 11.5 Å². The Kier molecular flexibility index (Phi) is 2.93. The Morgan fingerprint density at radius 3 is 2.64 bits per heavy atom. The molecule has 0 radical (unpaired) electrons. The van der Waals surface area contributed by atoms with Crippen molar-refractivity contribution < 1.29 is 14.3 Å². The summed E-state index contributed by atoms with van der Waals surface area (Å²) < 4.78 is 10.7. The van der Waals surface area contributed by atoms with Gasteiger partial charge in [0.1, 0.15) is 0 Å². The highest BCUT2D eigenvalue weighted by Crippen LogP contribution is 2.37. The van der Waals surface area contributed by atoms with Crippen LogP contribution in [-0.4, -0.2) is 17.6 Å². The number of ketones is 1. The average molecular weight is 291 g/mol. The molecule has 0 spiro atoms. The number of fused-ring (bicyclic) bond motifs is 1. The molecule has 1 aromatic heterocycles. The van der Waals surface area contributed by atoms with Crippen LogP contribution in [0.15, 0.2) is 60.9 Å². The third-order valence-corrected chi connectivity index (χ3v) is 3.71. The minimum atomic E-state index is -0.00508. The van der Waals surface area contributed by atoms with E-state index < -0.39 is 0 Å². The van der Waals surface area contributed by atoms with Crippen LogP contribution >= 0.6 is 0 Å². The van der Waals surface area contributed by atoms with Crippen molar-refractivity contribution in [3.63, 3.8) is 0 Å². The van der Waals surface area contributed by atoms with E-state index in [9.17, 15) is 4.79 Å². The van der Waals surface area contributed by atoms with Gasteiger partial charge in [0.05, 0.1) is 0 Å². The van der Waals surface area contributed by atoms with Gasteiger partial charge in [-0.1, -0.05) is 36.4 Å². The monoisotopic (exact) mass is 291 g/mol. The number of H-pyrrole nitrogens is 1. The summed E-state index contributed by atoms with van der Waals surface area (Å²) in [6.45, 7) is 0.238. The standard InChI is InChI=1S/C18H13NO3/c20-18(12-4-2-1-3-5-12)15-10-19-9-14(15)13-6-7-16-17(8-13)22-11-21-16/h1-10,19H,11H2. The summed E-state index contributed by atoms with van der Waals surface area (Å²) in [5.41, 5.74) is 3.09. The smallest absolute Gasteiger partial charge is 0.231 e. The molecular weight excluding hydrogens is 278 g/mol. The molecule has 0 bridgehead atoms. The van der Waals surface area contributed by atoms with E-state index in [1.165, 1.54) is 0 Å². The van der Waals surface area contributed by atoms with E-state index in [0.29, 0.717) is 16.9 Å². The molecule has 3 aromatic rings. The lowest BCUT2D eigenvalue weighted by Gasteiger charge is -2.05. The second-order valence-electron chi connectivity index (χ2n) is 5.05. The summed E-state index contributed by atoms with van der Waals surface area (Å²) in [4.78, 5) is 15.7. The number of aromatic amines is 1. The van der Waals surface area contributed by atoms with E-state index in [4.69, 9.17) is 9.47 Å². The van der Waals surface area contributed by atoms with Gasteiger partial charge in [-0.05, 0) is 17.7 Å². The molecule has 0 saturated carbocycles. The van der Waals surface area contributed by atoms with Gasteiger partial charge in [0.25, 0.3) is 0 Å². The van der Waals surface area contributed by atoms with E-state index >= 15 is 0 Å². The number of carbonyl (C=O) groups is 1. The normalized spacial score (nSPS) is 12.4. The lowest BCUT2D eigenvalue weighted by Crippen LogP contribution is -2.01. The zero-order valence-corrected chi connectivity index (χ0v) is 11.7. The van der Waals surface area contributed by atoms with Crippen molar-refractivity contribution in [2.24, 2.45) is 0 Å². The first-order valence-electron chi connectivity index (χ1n) is 6.99. The SMILES string of the molecule is O=C(c1ccccc1)c1c[nH]cc1-c1ccc2c(c1)OCO2. The zero-order chi connectivity index (χ0) is 14.9. The molecule has 0 saturated heterocycles. The molecule has 0 amide bonds. The lowest BCUT2D eigenvalue weighted by molar-refractivity contribution is 0.103. The quantitative estimate of drug-likeness (QED) is 0.749. The maximum absolute atomic E-state index is 12.7. The molecule has 4 rings (SSSR count).